The van der Waals surface area contributed by atoms with E-state index in [1.165, 1.54) is 10.9 Å². The van der Waals surface area contributed by atoms with Crippen molar-refractivity contribution in [1.82, 2.24) is 15.1 Å². The van der Waals surface area contributed by atoms with Crippen molar-refractivity contribution >= 4 is 23.6 Å². The van der Waals surface area contributed by atoms with E-state index in [2.05, 4.69) is 15.7 Å². The molecular formula is C22H16F3N5O4. The molecule has 0 aliphatic rings. The van der Waals surface area contributed by atoms with Gasteiger partial charge in [-0.3, -0.25) is 14.4 Å². The fourth-order valence-corrected chi connectivity index (χ4v) is 2.75. The highest BCUT2D eigenvalue weighted by molar-refractivity contribution is 5.96. The minimum absolute atomic E-state index is 0.0863. The molecule has 0 radical (unpaired) electrons. The molecule has 0 saturated heterocycles. The van der Waals surface area contributed by atoms with Crippen LogP contribution in [0, 0.1) is 11.3 Å². The van der Waals surface area contributed by atoms with E-state index in [1.54, 1.807) is 30.3 Å². The van der Waals surface area contributed by atoms with Gasteiger partial charge >= 0.3 is 12.1 Å². The molecule has 2 aromatic carbocycles. The van der Waals surface area contributed by atoms with E-state index < -0.39 is 42.7 Å². The minimum atomic E-state index is -4.54. The summed E-state index contributed by atoms with van der Waals surface area (Å²) in [6, 6.07) is 14.0. The van der Waals surface area contributed by atoms with Gasteiger partial charge in [-0.25, -0.2) is 4.68 Å². The first-order chi connectivity index (χ1) is 16.2. The number of nitrogens with zero attached hydrogens (tertiary/aromatic N) is 3. The Kier molecular flexibility index (Phi) is 7.27. The standard InChI is InChI=1S/C22H16F3N5O4/c23-22(24,25)16-8-6-14(7-9-16)21(33)27-12-19(32)34-13-18(31)29-20-15(10-26)11-28-30(20)17-4-2-1-3-5-17/h1-9,11H,12-13H2,(H,27,33)(H,29,31). The lowest BCUT2D eigenvalue weighted by molar-refractivity contribution is -0.146. The van der Waals surface area contributed by atoms with E-state index in [4.69, 9.17) is 4.74 Å². The Labute approximate surface area is 190 Å². The Balaban J connectivity index is 1.51. The van der Waals surface area contributed by atoms with E-state index in [0.717, 1.165) is 24.3 Å². The Morgan fingerprint density at radius 3 is 2.35 bits per heavy atom. The number of para-hydroxylation sites is 1. The number of hydrogen-bond acceptors (Lipinski definition) is 6. The summed E-state index contributed by atoms with van der Waals surface area (Å²) in [5.41, 5.74) is -0.325. The maximum absolute atomic E-state index is 12.6. The van der Waals surface area contributed by atoms with Crippen LogP contribution in [0.25, 0.3) is 5.69 Å². The Morgan fingerprint density at radius 2 is 1.74 bits per heavy atom. The van der Waals surface area contributed by atoms with Crippen LogP contribution >= 0.6 is 0 Å². The molecule has 3 aromatic rings. The molecule has 3 rings (SSSR count). The van der Waals surface area contributed by atoms with E-state index in [0.29, 0.717) is 5.69 Å². The van der Waals surface area contributed by atoms with Crippen LogP contribution in [0.3, 0.4) is 0 Å². The molecule has 0 fully saturated rings. The topological polar surface area (TPSA) is 126 Å². The smallest absolute Gasteiger partial charge is 0.416 e. The summed E-state index contributed by atoms with van der Waals surface area (Å²) >= 11 is 0. The van der Waals surface area contributed by atoms with Crippen molar-refractivity contribution < 1.29 is 32.3 Å². The summed E-state index contributed by atoms with van der Waals surface area (Å²) in [6.07, 6.45) is -3.27. The molecule has 0 unspecified atom stereocenters. The van der Waals surface area contributed by atoms with Crippen molar-refractivity contribution in [3.63, 3.8) is 0 Å². The number of amides is 2. The lowest BCUT2D eigenvalue weighted by atomic mass is 10.1. The average molecular weight is 471 g/mol. The number of halogens is 3. The molecule has 0 saturated carbocycles. The SMILES string of the molecule is N#Cc1cnn(-c2ccccc2)c1NC(=O)COC(=O)CNC(=O)c1ccc(C(F)(F)F)cc1. The third-order valence-corrected chi connectivity index (χ3v) is 4.38. The largest absolute Gasteiger partial charge is 0.454 e. The van der Waals surface area contributed by atoms with Crippen LogP contribution in [-0.4, -0.2) is 40.7 Å². The van der Waals surface area contributed by atoms with Gasteiger partial charge < -0.3 is 15.4 Å². The van der Waals surface area contributed by atoms with E-state index in [1.807, 2.05) is 6.07 Å². The Morgan fingerprint density at radius 1 is 1.06 bits per heavy atom. The van der Waals surface area contributed by atoms with Crippen molar-refractivity contribution in [3.05, 3.63) is 77.5 Å². The molecule has 0 aliphatic heterocycles. The summed E-state index contributed by atoms with van der Waals surface area (Å²) < 4.78 is 43.9. The lowest BCUT2D eigenvalue weighted by Crippen LogP contribution is -2.32. The van der Waals surface area contributed by atoms with Gasteiger partial charge in [0.15, 0.2) is 12.4 Å². The highest BCUT2D eigenvalue weighted by Gasteiger charge is 2.30. The van der Waals surface area contributed by atoms with Crippen LogP contribution in [0.15, 0.2) is 60.8 Å². The Bertz CT molecular complexity index is 1230. The van der Waals surface area contributed by atoms with Crippen molar-refractivity contribution in [3.8, 4) is 11.8 Å². The highest BCUT2D eigenvalue weighted by Crippen LogP contribution is 2.29. The molecule has 2 amide bonds. The number of carbonyl (C=O) groups is 3. The van der Waals surface area contributed by atoms with Crippen LogP contribution in [0.4, 0.5) is 19.0 Å². The molecule has 0 bridgehead atoms. The quantitative estimate of drug-likeness (QED) is 0.511. The number of nitriles is 1. The van der Waals surface area contributed by atoms with Gasteiger partial charge in [-0.15, -0.1) is 0 Å². The molecule has 2 N–H and O–H groups in total. The number of anilines is 1. The molecular weight excluding hydrogens is 455 g/mol. The van der Waals surface area contributed by atoms with Gasteiger partial charge in [0.05, 0.1) is 17.4 Å². The molecule has 1 aromatic heterocycles. The molecule has 1 heterocycles. The molecule has 12 heteroatoms. The predicted molar refractivity (Wildman–Crippen MR) is 112 cm³/mol. The Hall–Kier alpha value is -4.66. The number of carbonyl (C=O) groups excluding carboxylic acids is 3. The van der Waals surface area contributed by atoms with Crippen molar-refractivity contribution in [2.24, 2.45) is 0 Å². The zero-order valence-corrected chi connectivity index (χ0v) is 17.3. The van der Waals surface area contributed by atoms with Crippen molar-refractivity contribution in [1.29, 1.82) is 5.26 Å². The summed E-state index contributed by atoms with van der Waals surface area (Å²) in [6.45, 7) is -1.32. The number of rotatable bonds is 7. The zero-order valence-electron chi connectivity index (χ0n) is 17.3. The van der Waals surface area contributed by atoms with Gasteiger partial charge in [0.2, 0.25) is 0 Å². The van der Waals surface area contributed by atoms with Gasteiger partial charge in [-0.2, -0.15) is 23.5 Å². The molecule has 34 heavy (non-hydrogen) atoms. The van der Waals surface area contributed by atoms with Gasteiger partial charge in [-0.1, -0.05) is 18.2 Å². The second-order valence-corrected chi connectivity index (χ2v) is 6.73. The second kappa shape index (κ2) is 10.3. The summed E-state index contributed by atoms with van der Waals surface area (Å²) in [7, 11) is 0. The van der Waals surface area contributed by atoms with E-state index in [-0.39, 0.29) is 16.9 Å². The maximum atomic E-state index is 12.6. The number of alkyl halides is 3. The number of ether oxygens (including phenoxy) is 1. The monoisotopic (exact) mass is 471 g/mol. The van der Waals surface area contributed by atoms with Crippen molar-refractivity contribution in [2.75, 3.05) is 18.5 Å². The first kappa shape index (κ1) is 24.0. The fraction of sp³-hybridized carbons (Fsp3) is 0.136. The first-order valence-electron chi connectivity index (χ1n) is 9.63. The predicted octanol–water partition coefficient (Wildman–Crippen LogP) is 2.67. The third kappa shape index (κ3) is 5.98. The molecule has 0 atom stereocenters. The van der Waals surface area contributed by atoms with Gasteiger partial charge in [-0.05, 0) is 36.4 Å². The number of aromatic nitrogens is 2. The normalized spacial score (nSPS) is 10.8. The van der Waals surface area contributed by atoms with Gasteiger partial charge in [0, 0.05) is 5.56 Å². The molecule has 9 nitrogen and oxygen atoms in total. The minimum Gasteiger partial charge on any atom is -0.454 e. The lowest BCUT2D eigenvalue weighted by Gasteiger charge is -2.10. The number of esters is 1. The molecule has 174 valence electrons. The zero-order chi connectivity index (χ0) is 24.7. The van der Waals surface area contributed by atoms with Gasteiger partial charge in [0.25, 0.3) is 11.8 Å². The summed E-state index contributed by atoms with van der Waals surface area (Å²) in [5.74, 6) is -2.41. The van der Waals surface area contributed by atoms with Crippen LogP contribution in [0.1, 0.15) is 21.5 Å². The number of benzene rings is 2. The molecule has 0 aliphatic carbocycles. The van der Waals surface area contributed by atoms with Crippen molar-refractivity contribution in [2.45, 2.75) is 6.18 Å². The average Bonchev–Trinajstić information content (AvgIpc) is 3.23. The van der Waals surface area contributed by atoms with Crippen LogP contribution in [-0.2, 0) is 20.5 Å². The van der Waals surface area contributed by atoms with Crippen LogP contribution in [0.5, 0.6) is 0 Å². The second-order valence-electron chi connectivity index (χ2n) is 6.73. The fourth-order valence-electron chi connectivity index (χ4n) is 2.75. The first-order valence-corrected chi connectivity index (χ1v) is 9.63. The summed E-state index contributed by atoms with van der Waals surface area (Å²) in [4.78, 5) is 36.1. The third-order valence-electron chi connectivity index (χ3n) is 4.38. The number of nitrogens with one attached hydrogen (secondary N) is 2. The van der Waals surface area contributed by atoms with E-state index in [9.17, 15) is 32.8 Å². The number of hydrogen-bond donors (Lipinski definition) is 2. The highest BCUT2D eigenvalue weighted by atomic mass is 19.4. The summed E-state index contributed by atoms with van der Waals surface area (Å²) in [5, 5.41) is 18.0. The molecule has 0 spiro atoms. The van der Waals surface area contributed by atoms with E-state index >= 15 is 0 Å². The van der Waals surface area contributed by atoms with Crippen LogP contribution < -0.4 is 10.6 Å². The van der Waals surface area contributed by atoms with Crippen LogP contribution in [0.2, 0.25) is 0 Å². The maximum Gasteiger partial charge on any atom is 0.416 e. The van der Waals surface area contributed by atoms with Gasteiger partial charge in [0.1, 0.15) is 18.2 Å².